The van der Waals surface area contributed by atoms with Crippen molar-refractivity contribution in [2.45, 2.75) is 33.2 Å². The lowest BCUT2D eigenvalue weighted by Crippen LogP contribution is -2.17. The SMILES string of the molecule is CCOC(C)c1ccc(C(=O)Nc2cccc(Oc3ccccc3OC(F)(F)F)c2)c(C)n1. The predicted molar refractivity (Wildman–Crippen MR) is 117 cm³/mol. The molecule has 3 aromatic rings. The first kappa shape index (κ1) is 24.1. The van der Waals surface area contributed by atoms with Crippen molar-refractivity contribution in [2.24, 2.45) is 0 Å². The van der Waals surface area contributed by atoms with Crippen molar-refractivity contribution in [1.82, 2.24) is 4.98 Å². The van der Waals surface area contributed by atoms with Crippen molar-refractivity contribution in [1.29, 1.82) is 0 Å². The van der Waals surface area contributed by atoms with Crippen molar-refractivity contribution in [2.75, 3.05) is 11.9 Å². The van der Waals surface area contributed by atoms with E-state index in [0.29, 0.717) is 23.6 Å². The summed E-state index contributed by atoms with van der Waals surface area (Å²) in [7, 11) is 0. The number of halogens is 3. The highest BCUT2D eigenvalue weighted by Crippen LogP contribution is 2.35. The van der Waals surface area contributed by atoms with Crippen LogP contribution < -0.4 is 14.8 Å². The van der Waals surface area contributed by atoms with Crippen LogP contribution in [0, 0.1) is 6.92 Å². The van der Waals surface area contributed by atoms with Crippen LogP contribution in [0.25, 0.3) is 0 Å². The smallest absolute Gasteiger partial charge is 0.453 e. The van der Waals surface area contributed by atoms with E-state index in [4.69, 9.17) is 9.47 Å². The van der Waals surface area contributed by atoms with Crippen LogP contribution in [0.15, 0.2) is 60.7 Å². The van der Waals surface area contributed by atoms with Gasteiger partial charge in [0.2, 0.25) is 0 Å². The van der Waals surface area contributed by atoms with Gasteiger partial charge in [-0.1, -0.05) is 18.2 Å². The number of pyridine rings is 1. The van der Waals surface area contributed by atoms with E-state index in [2.05, 4.69) is 15.0 Å². The van der Waals surface area contributed by atoms with Crippen LogP contribution in [0.4, 0.5) is 18.9 Å². The zero-order chi connectivity index (χ0) is 24.0. The quantitative estimate of drug-likeness (QED) is 0.419. The normalized spacial score (nSPS) is 12.2. The number of hydrogen-bond acceptors (Lipinski definition) is 5. The van der Waals surface area contributed by atoms with Gasteiger partial charge in [0.25, 0.3) is 5.91 Å². The van der Waals surface area contributed by atoms with Gasteiger partial charge in [0.05, 0.1) is 23.1 Å². The van der Waals surface area contributed by atoms with Gasteiger partial charge in [-0.25, -0.2) is 0 Å². The van der Waals surface area contributed by atoms with Crippen LogP contribution in [0.2, 0.25) is 0 Å². The van der Waals surface area contributed by atoms with Gasteiger partial charge in [-0.15, -0.1) is 13.2 Å². The van der Waals surface area contributed by atoms with Gasteiger partial charge in [-0.05, 0) is 57.2 Å². The molecule has 174 valence electrons. The summed E-state index contributed by atoms with van der Waals surface area (Å²) < 4.78 is 53.0. The minimum absolute atomic E-state index is 0.114. The number of benzene rings is 2. The Morgan fingerprint density at radius 2 is 1.79 bits per heavy atom. The van der Waals surface area contributed by atoms with Gasteiger partial charge in [-0.3, -0.25) is 9.78 Å². The fraction of sp³-hybridized carbons (Fsp3) is 0.250. The van der Waals surface area contributed by atoms with E-state index in [1.807, 2.05) is 13.8 Å². The minimum atomic E-state index is -4.85. The Balaban J connectivity index is 1.74. The molecule has 6 nitrogen and oxygen atoms in total. The summed E-state index contributed by atoms with van der Waals surface area (Å²) in [6.45, 7) is 6.06. The molecule has 0 aliphatic rings. The third-order valence-electron chi connectivity index (χ3n) is 4.58. The van der Waals surface area contributed by atoms with E-state index in [0.717, 1.165) is 11.8 Å². The summed E-state index contributed by atoms with van der Waals surface area (Å²) in [4.78, 5) is 17.2. The highest BCUT2D eigenvalue weighted by atomic mass is 19.4. The maximum absolute atomic E-state index is 12.8. The summed E-state index contributed by atoms with van der Waals surface area (Å²) in [5.41, 5.74) is 2.05. The Morgan fingerprint density at radius 3 is 2.45 bits per heavy atom. The van der Waals surface area contributed by atoms with E-state index in [1.54, 1.807) is 37.3 Å². The third kappa shape index (κ3) is 6.69. The fourth-order valence-corrected chi connectivity index (χ4v) is 3.09. The first-order valence-corrected chi connectivity index (χ1v) is 10.2. The lowest BCUT2D eigenvalue weighted by Gasteiger charge is -2.15. The van der Waals surface area contributed by atoms with Gasteiger partial charge in [0.1, 0.15) is 5.75 Å². The molecule has 2 aromatic carbocycles. The molecule has 1 atom stereocenters. The number of hydrogen-bond donors (Lipinski definition) is 1. The highest BCUT2D eigenvalue weighted by molar-refractivity contribution is 6.05. The van der Waals surface area contributed by atoms with Crippen molar-refractivity contribution >= 4 is 11.6 Å². The first-order valence-electron chi connectivity index (χ1n) is 10.2. The van der Waals surface area contributed by atoms with E-state index in [9.17, 15) is 18.0 Å². The van der Waals surface area contributed by atoms with Gasteiger partial charge in [0.15, 0.2) is 11.5 Å². The molecule has 3 rings (SSSR count). The maximum atomic E-state index is 12.8. The van der Waals surface area contributed by atoms with Crippen LogP contribution in [0.5, 0.6) is 17.2 Å². The second kappa shape index (κ2) is 10.4. The van der Waals surface area contributed by atoms with Gasteiger partial charge in [-0.2, -0.15) is 0 Å². The van der Waals surface area contributed by atoms with Crippen molar-refractivity contribution in [3.8, 4) is 17.2 Å². The molecule has 33 heavy (non-hydrogen) atoms. The molecule has 9 heteroatoms. The van der Waals surface area contributed by atoms with Crippen molar-refractivity contribution in [3.63, 3.8) is 0 Å². The summed E-state index contributed by atoms with van der Waals surface area (Å²) in [6, 6.07) is 15.1. The topological polar surface area (TPSA) is 69.7 Å². The van der Waals surface area contributed by atoms with Crippen molar-refractivity contribution < 1.29 is 32.2 Å². The molecule has 1 amide bonds. The lowest BCUT2D eigenvalue weighted by atomic mass is 10.1. The third-order valence-corrected chi connectivity index (χ3v) is 4.58. The molecule has 1 heterocycles. The van der Waals surface area contributed by atoms with E-state index >= 15 is 0 Å². The van der Waals surface area contributed by atoms with E-state index in [-0.39, 0.29) is 23.5 Å². The second-order valence-corrected chi connectivity index (χ2v) is 7.05. The van der Waals surface area contributed by atoms with Crippen LogP contribution in [-0.4, -0.2) is 23.9 Å². The molecular weight excluding hydrogens is 437 g/mol. The Morgan fingerprint density at radius 1 is 1.06 bits per heavy atom. The first-order chi connectivity index (χ1) is 15.7. The molecule has 1 unspecified atom stereocenters. The summed E-state index contributed by atoms with van der Waals surface area (Å²) in [5.74, 6) is -0.741. The average Bonchev–Trinajstić information content (AvgIpc) is 2.74. The Bertz CT molecular complexity index is 1120. The fourth-order valence-electron chi connectivity index (χ4n) is 3.09. The number of carbonyl (C=O) groups excluding carboxylic acids is 1. The summed E-state index contributed by atoms with van der Waals surface area (Å²) >= 11 is 0. The van der Waals surface area contributed by atoms with Gasteiger partial charge >= 0.3 is 6.36 Å². The standard InChI is InChI=1S/C24H23F3N2O4/c1-4-31-16(3)20-13-12-19(15(2)28-20)23(30)29-17-8-7-9-18(14-17)32-21-10-5-6-11-22(21)33-24(25,26)27/h5-14,16H,4H2,1-3H3,(H,29,30). The molecule has 1 aromatic heterocycles. The number of alkyl halides is 3. The van der Waals surface area contributed by atoms with Crippen LogP contribution in [-0.2, 0) is 4.74 Å². The van der Waals surface area contributed by atoms with Gasteiger partial charge in [0, 0.05) is 18.4 Å². The zero-order valence-corrected chi connectivity index (χ0v) is 18.3. The number of amides is 1. The summed E-state index contributed by atoms with van der Waals surface area (Å²) in [5, 5.41) is 2.75. The number of aromatic nitrogens is 1. The molecule has 0 fully saturated rings. The Hall–Kier alpha value is -3.59. The number of para-hydroxylation sites is 2. The van der Waals surface area contributed by atoms with Gasteiger partial charge < -0.3 is 19.5 Å². The highest BCUT2D eigenvalue weighted by Gasteiger charge is 2.32. The monoisotopic (exact) mass is 460 g/mol. The van der Waals surface area contributed by atoms with E-state index in [1.165, 1.54) is 24.3 Å². The minimum Gasteiger partial charge on any atom is -0.453 e. The zero-order valence-electron chi connectivity index (χ0n) is 18.3. The molecule has 0 aliphatic heterocycles. The molecule has 1 N–H and O–H groups in total. The predicted octanol–water partition coefficient (Wildman–Crippen LogP) is 6.43. The molecular formula is C24H23F3N2O4. The molecule has 0 aliphatic carbocycles. The largest absolute Gasteiger partial charge is 0.573 e. The van der Waals surface area contributed by atoms with Crippen LogP contribution >= 0.6 is 0 Å². The number of ether oxygens (including phenoxy) is 3. The number of carbonyl (C=O) groups is 1. The summed E-state index contributed by atoms with van der Waals surface area (Å²) in [6.07, 6.45) is -5.04. The number of nitrogens with zero attached hydrogens (tertiary/aromatic N) is 1. The lowest BCUT2D eigenvalue weighted by molar-refractivity contribution is -0.275. The number of aryl methyl sites for hydroxylation is 1. The molecule has 0 saturated heterocycles. The Kier molecular flexibility index (Phi) is 7.55. The molecule has 0 bridgehead atoms. The maximum Gasteiger partial charge on any atom is 0.573 e. The molecule has 0 spiro atoms. The van der Waals surface area contributed by atoms with Crippen molar-refractivity contribution in [3.05, 3.63) is 77.6 Å². The van der Waals surface area contributed by atoms with Crippen LogP contribution in [0.3, 0.4) is 0 Å². The Labute approximate surface area is 189 Å². The average molecular weight is 460 g/mol. The number of nitrogens with one attached hydrogen (secondary N) is 1. The molecule has 0 saturated carbocycles. The van der Waals surface area contributed by atoms with E-state index < -0.39 is 12.1 Å². The molecule has 0 radical (unpaired) electrons. The second-order valence-electron chi connectivity index (χ2n) is 7.05. The number of rotatable bonds is 8. The number of anilines is 1. The van der Waals surface area contributed by atoms with Crippen LogP contribution in [0.1, 0.15) is 41.7 Å².